The van der Waals surface area contributed by atoms with Gasteiger partial charge in [0.1, 0.15) is 12.4 Å². The molecule has 4 heteroatoms. The molecule has 0 fully saturated rings. The molecule has 2 heterocycles. The van der Waals surface area contributed by atoms with Gasteiger partial charge in [0.15, 0.2) is 0 Å². The summed E-state index contributed by atoms with van der Waals surface area (Å²) in [5.41, 5.74) is 2.73. The third-order valence-electron chi connectivity index (χ3n) is 3.16. The fourth-order valence-corrected chi connectivity index (χ4v) is 2.21. The number of nitrogens with zero attached hydrogens (tertiary/aromatic N) is 1. The van der Waals surface area contributed by atoms with Crippen LogP contribution in [0.3, 0.4) is 0 Å². The van der Waals surface area contributed by atoms with Crippen LogP contribution in [0.4, 0.5) is 0 Å². The molecular formula is C15H14N2O2. The molecule has 1 aliphatic heterocycles. The maximum atomic E-state index is 11.7. The molecule has 1 aromatic carbocycles. The monoisotopic (exact) mass is 254 g/mol. The third-order valence-corrected chi connectivity index (χ3v) is 3.16. The number of nitrogens with one attached hydrogen (secondary N) is 1. The number of amides is 1. The number of benzene rings is 1. The number of aromatic nitrogens is 1. The first-order valence-electron chi connectivity index (χ1n) is 6.26. The quantitative estimate of drug-likeness (QED) is 0.910. The van der Waals surface area contributed by atoms with E-state index in [0.29, 0.717) is 13.2 Å². The van der Waals surface area contributed by atoms with Crippen molar-refractivity contribution in [2.75, 3.05) is 6.54 Å². The van der Waals surface area contributed by atoms with Crippen molar-refractivity contribution in [3.63, 3.8) is 0 Å². The number of hydrogen-bond donors (Lipinski definition) is 1. The molecule has 0 unspecified atom stereocenters. The van der Waals surface area contributed by atoms with E-state index in [1.165, 1.54) is 0 Å². The van der Waals surface area contributed by atoms with E-state index in [2.05, 4.69) is 10.3 Å². The van der Waals surface area contributed by atoms with E-state index in [0.717, 1.165) is 28.9 Å². The molecule has 0 saturated heterocycles. The zero-order chi connectivity index (χ0) is 13.1. The lowest BCUT2D eigenvalue weighted by molar-refractivity contribution is 0.0945. The zero-order valence-corrected chi connectivity index (χ0v) is 10.4. The van der Waals surface area contributed by atoms with Crippen LogP contribution >= 0.6 is 0 Å². The average molecular weight is 254 g/mol. The molecule has 0 bridgehead atoms. The summed E-state index contributed by atoms with van der Waals surface area (Å²) in [5.74, 6) is 0.768. The Morgan fingerprint density at radius 1 is 1.26 bits per heavy atom. The van der Waals surface area contributed by atoms with Gasteiger partial charge in [-0.15, -0.1) is 0 Å². The highest BCUT2D eigenvalue weighted by molar-refractivity contribution is 5.97. The lowest BCUT2D eigenvalue weighted by atomic mass is 9.99. The first-order valence-corrected chi connectivity index (χ1v) is 6.26. The summed E-state index contributed by atoms with van der Waals surface area (Å²) < 4.78 is 5.82. The Hall–Kier alpha value is -2.36. The van der Waals surface area contributed by atoms with Gasteiger partial charge in [-0.1, -0.05) is 12.1 Å². The van der Waals surface area contributed by atoms with E-state index >= 15 is 0 Å². The van der Waals surface area contributed by atoms with Gasteiger partial charge in [-0.25, -0.2) is 0 Å². The van der Waals surface area contributed by atoms with Gasteiger partial charge >= 0.3 is 0 Å². The molecule has 1 amide bonds. The molecule has 0 aliphatic carbocycles. The fraction of sp³-hybridized carbons (Fsp3) is 0.200. The molecule has 1 aromatic heterocycles. The van der Waals surface area contributed by atoms with Crippen molar-refractivity contribution in [1.82, 2.24) is 10.3 Å². The van der Waals surface area contributed by atoms with Gasteiger partial charge in [0.2, 0.25) is 0 Å². The molecule has 2 aromatic rings. The van der Waals surface area contributed by atoms with Gasteiger partial charge < -0.3 is 10.1 Å². The second-order valence-corrected chi connectivity index (χ2v) is 4.44. The van der Waals surface area contributed by atoms with Crippen molar-refractivity contribution in [2.24, 2.45) is 0 Å². The molecule has 96 valence electrons. The van der Waals surface area contributed by atoms with E-state index in [1.807, 2.05) is 30.3 Å². The Morgan fingerprint density at radius 3 is 3.05 bits per heavy atom. The highest BCUT2D eigenvalue weighted by Gasteiger charge is 2.19. The van der Waals surface area contributed by atoms with E-state index in [1.54, 1.807) is 12.4 Å². The summed E-state index contributed by atoms with van der Waals surface area (Å²) in [4.78, 5) is 15.8. The van der Waals surface area contributed by atoms with Crippen LogP contribution in [-0.4, -0.2) is 17.4 Å². The maximum absolute atomic E-state index is 11.7. The maximum Gasteiger partial charge on any atom is 0.251 e. The molecule has 3 rings (SSSR count). The molecule has 0 atom stereocenters. The van der Waals surface area contributed by atoms with Crippen molar-refractivity contribution in [3.8, 4) is 5.75 Å². The summed E-state index contributed by atoms with van der Waals surface area (Å²) >= 11 is 0. The van der Waals surface area contributed by atoms with Crippen LogP contribution in [0.2, 0.25) is 0 Å². The average Bonchev–Trinajstić information content (AvgIpc) is 2.47. The van der Waals surface area contributed by atoms with E-state index in [-0.39, 0.29) is 5.91 Å². The fourth-order valence-electron chi connectivity index (χ4n) is 2.21. The molecule has 1 N–H and O–H groups in total. The predicted molar refractivity (Wildman–Crippen MR) is 71.0 cm³/mol. The second-order valence-electron chi connectivity index (χ2n) is 4.44. The Bertz CT molecular complexity index is 596. The van der Waals surface area contributed by atoms with Gasteiger partial charge in [-0.05, 0) is 24.6 Å². The zero-order valence-electron chi connectivity index (χ0n) is 10.4. The van der Waals surface area contributed by atoms with Crippen LogP contribution in [0.1, 0.15) is 21.5 Å². The number of carbonyl (C=O) groups is 1. The van der Waals surface area contributed by atoms with E-state index < -0.39 is 0 Å². The Morgan fingerprint density at radius 2 is 2.21 bits per heavy atom. The third kappa shape index (κ3) is 2.42. The normalized spacial score (nSPS) is 13.6. The molecule has 0 saturated carbocycles. The first-order chi connectivity index (χ1) is 9.34. The molecule has 19 heavy (non-hydrogen) atoms. The summed E-state index contributed by atoms with van der Waals surface area (Å²) in [6.07, 6.45) is 4.32. The number of pyridine rings is 1. The minimum absolute atomic E-state index is 0.0203. The van der Waals surface area contributed by atoms with Gasteiger partial charge in [-0.2, -0.15) is 0 Å². The predicted octanol–water partition coefficient (Wildman–Crippen LogP) is 1.95. The lowest BCUT2D eigenvalue weighted by Gasteiger charge is -2.19. The van der Waals surface area contributed by atoms with Gasteiger partial charge in [0, 0.05) is 35.6 Å². The van der Waals surface area contributed by atoms with Crippen LogP contribution in [0.15, 0.2) is 42.7 Å². The van der Waals surface area contributed by atoms with Gasteiger partial charge in [0.05, 0.1) is 0 Å². The Kier molecular flexibility index (Phi) is 3.14. The van der Waals surface area contributed by atoms with Gasteiger partial charge in [0.25, 0.3) is 5.91 Å². The van der Waals surface area contributed by atoms with Crippen LogP contribution in [0, 0.1) is 0 Å². The molecule has 4 nitrogen and oxygen atoms in total. The highest BCUT2D eigenvalue weighted by Crippen LogP contribution is 2.25. The van der Waals surface area contributed by atoms with Gasteiger partial charge in [-0.3, -0.25) is 9.78 Å². The summed E-state index contributed by atoms with van der Waals surface area (Å²) in [7, 11) is 0. The first kappa shape index (κ1) is 11.7. The molecule has 0 spiro atoms. The minimum Gasteiger partial charge on any atom is -0.489 e. The number of rotatable bonds is 3. The molecular weight excluding hydrogens is 240 g/mol. The number of ether oxygens (including phenoxy) is 1. The Labute approximate surface area is 111 Å². The summed E-state index contributed by atoms with van der Waals surface area (Å²) in [5, 5.41) is 2.83. The van der Waals surface area contributed by atoms with Crippen molar-refractivity contribution < 1.29 is 9.53 Å². The number of fused-ring (bicyclic) bond motifs is 1. The lowest BCUT2D eigenvalue weighted by Crippen LogP contribution is -2.32. The number of hydrogen-bond acceptors (Lipinski definition) is 3. The van der Waals surface area contributed by atoms with Crippen molar-refractivity contribution >= 4 is 5.91 Å². The largest absolute Gasteiger partial charge is 0.489 e. The molecule has 1 aliphatic rings. The van der Waals surface area contributed by atoms with E-state index in [4.69, 9.17) is 4.74 Å². The van der Waals surface area contributed by atoms with Crippen molar-refractivity contribution in [3.05, 3.63) is 59.4 Å². The summed E-state index contributed by atoms with van der Waals surface area (Å²) in [6, 6.07) is 9.44. The summed E-state index contributed by atoms with van der Waals surface area (Å²) in [6.45, 7) is 1.13. The van der Waals surface area contributed by atoms with Crippen LogP contribution in [0.5, 0.6) is 5.75 Å². The second kappa shape index (κ2) is 5.10. The minimum atomic E-state index is -0.0203. The van der Waals surface area contributed by atoms with E-state index in [9.17, 15) is 4.79 Å². The van der Waals surface area contributed by atoms with Crippen molar-refractivity contribution in [1.29, 1.82) is 0 Å². The Balaban J connectivity index is 1.82. The van der Waals surface area contributed by atoms with Crippen molar-refractivity contribution in [2.45, 2.75) is 13.0 Å². The van der Waals surface area contributed by atoms with Crippen LogP contribution in [0.25, 0.3) is 0 Å². The SMILES string of the molecule is O=C1NCCc2c(OCc3cccnc3)cccc21. The smallest absolute Gasteiger partial charge is 0.251 e. The topological polar surface area (TPSA) is 51.2 Å². The highest BCUT2D eigenvalue weighted by atomic mass is 16.5. The number of carbonyl (C=O) groups excluding carboxylic acids is 1. The van der Waals surface area contributed by atoms with Crippen LogP contribution < -0.4 is 10.1 Å². The standard InChI is InChI=1S/C15H14N2O2/c18-15-13-4-1-5-14(12(13)6-8-17-15)19-10-11-3-2-7-16-9-11/h1-5,7,9H,6,8,10H2,(H,17,18). The van der Waals surface area contributed by atoms with Crippen LogP contribution in [-0.2, 0) is 13.0 Å². The molecule has 0 radical (unpaired) electrons.